The van der Waals surface area contributed by atoms with Gasteiger partial charge in [0.15, 0.2) is 0 Å². The highest BCUT2D eigenvalue weighted by molar-refractivity contribution is 5.95. The lowest BCUT2D eigenvalue weighted by Crippen LogP contribution is -2.25. The molecule has 1 aliphatic rings. The molecule has 1 atom stereocenters. The van der Waals surface area contributed by atoms with Gasteiger partial charge < -0.3 is 20.5 Å². The zero-order valence-electron chi connectivity index (χ0n) is 16.4. The summed E-state index contributed by atoms with van der Waals surface area (Å²) in [4.78, 5) is 12.4. The summed E-state index contributed by atoms with van der Waals surface area (Å²) in [5.74, 6) is 2.33. The monoisotopic (exact) mass is 401 g/mol. The van der Waals surface area contributed by atoms with Crippen LogP contribution in [-0.2, 0) is 0 Å². The van der Waals surface area contributed by atoms with Crippen LogP contribution >= 0.6 is 0 Å². The Morgan fingerprint density at radius 1 is 1.03 bits per heavy atom. The van der Waals surface area contributed by atoms with Crippen molar-refractivity contribution in [2.75, 3.05) is 13.2 Å². The summed E-state index contributed by atoms with van der Waals surface area (Å²) in [6, 6.07) is 22.1. The molecule has 152 valence electrons. The lowest BCUT2D eigenvalue weighted by molar-refractivity contribution is 0.0952. The molecule has 0 saturated heterocycles. The van der Waals surface area contributed by atoms with Gasteiger partial charge in [0, 0.05) is 29.2 Å². The van der Waals surface area contributed by atoms with Crippen molar-refractivity contribution in [2.45, 2.75) is 12.3 Å². The fraction of sp³-hybridized carbons (Fsp3) is 0.167. The number of rotatable bonds is 7. The average molecular weight is 401 g/mol. The van der Waals surface area contributed by atoms with Gasteiger partial charge in [-0.2, -0.15) is 0 Å². The van der Waals surface area contributed by atoms with Crippen molar-refractivity contribution in [2.24, 2.45) is 5.73 Å². The van der Waals surface area contributed by atoms with Gasteiger partial charge in [-0.05, 0) is 61.0 Å². The molecule has 1 aliphatic heterocycles. The Bertz CT molecular complexity index is 1050. The molecule has 4 rings (SSSR count). The number of nitrogen functional groups attached to an aromatic ring is 1. The molecule has 3 aromatic carbocycles. The van der Waals surface area contributed by atoms with Gasteiger partial charge in [-0.25, -0.2) is 0 Å². The van der Waals surface area contributed by atoms with Crippen LogP contribution in [0.1, 0.15) is 33.8 Å². The van der Waals surface area contributed by atoms with Crippen LogP contribution in [0, 0.1) is 5.41 Å². The van der Waals surface area contributed by atoms with Crippen LogP contribution in [-0.4, -0.2) is 24.9 Å². The molecule has 0 spiro atoms. The molecular formula is C24H23N3O3. The SMILES string of the molecule is N=C(N)c1ccc2c(c1)C(CCNC(=O)c1ccc(Oc3ccccc3)cc1)CO2. The molecule has 0 saturated carbocycles. The van der Waals surface area contributed by atoms with Gasteiger partial charge in [0.05, 0.1) is 6.61 Å². The Morgan fingerprint density at radius 3 is 2.47 bits per heavy atom. The molecule has 0 fully saturated rings. The molecular weight excluding hydrogens is 378 g/mol. The maximum Gasteiger partial charge on any atom is 0.251 e. The molecule has 1 heterocycles. The summed E-state index contributed by atoms with van der Waals surface area (Å²) >= 11 is 0. The molecule has 6 heteroatoms. The van der Waals surface area contributed by atoms with E-state index < -0.39 is 0 Å². The summed E-state index contributed by atoms with van der Waals surface area (Å²) in [5, 5.41) is 10.6. The van der Waals surface area contributed by atoms with Crippen LogP contribution in [0.3, 0.4) is 0 Å². The first-order valence-electron chi connectivity index (χ1n) is 9.82. The zero-order chi connectivity index (χ0) is 20.9. The third-order valence-corrected chi connectivity index (χ3v) is 5.07. The minimum Gasteiger partial charge on any atom is -0.493 e. The Morgan fingerprint density at radius 2 is 1.73 bits per heavy atom. The van der Waals surface area contributed by atoms with E-state index in [2.05, 4.69) is 5.32 Å². The molecule has 30 heavy (non-hydrogen) atoms. The highest BCUT2D eigenvalue weighted by atomic mass is 16.5. The van der Waals surface area contributed by atoms with E-state index in [4.69, 9.17) is 20.6 Å². The smallest absolute Gasteiger partial charge is 0.251 e. The lowest BCUT2D eigenvalue weighted by Gasteiger charge is -2.11. The zero-order valence-corrected chi connectivity index (χ0v) is 16.4. The minimum absolute atomic E-state index is 0.0384. The number of ether oxygens (including phenoxy) is 2. The van der Waals surface area contributed by atoms with Crippen LogP contribution in [0.4, 0.5) is 0 Å². The van der Waals surface area contributed by atoms with Crippen LogP contribution in [0.5, 0.6) is 17.2 Å². The van der Waals surface area contributed by atoms with E-state index in [1.807, 2.05) is 42.5 Å². The first-order chi connectivity index (χ1) is 14.6. The first-order valence-corrected chi connectivity index (χ1v) is 9.82. The molecule has 4 N–H and O–H groups in total. The topological polar surface area (TPSA) is 97.4 Å². The highest BCUT2D eigenvalue weighted by Crippen LogP contribution is 2.36. The van der Waals surface area contributed by atoms with E-state index in [1.165, 1.54) is 0 Å². The van der Waals surface area contributed by atoms with Crippen LogP contribution in [0.25, 0.3) is 0 Å². The third-order valence-electron chi connectivity index (χ3n) is 5.07. The van der Waals surface area contributed by atoms with E-state index >= 15 is 0 Å². The van der Waals surface area contributed by atoms with Gasteiger partial charge in [-0.1, -0.05) is 18.2 Å². The summed E-state index contributed by atoms with van der Waals surface area (Å²) in [5.41, 5.74) is 7.90. The average Bonchev–Trinajstić information content (AvgIpc) is 3.17. The van der Waals surface area contributed by atoms with Crippen molar-refractivity contribution in [3.8, 4) is 17.2 Å². The first kappa shape index (κ1) is 19.5. The Kier molecular flexibility index (Phi) is 5.66. The van der Waals surface area contributed by atoms with Crippen molar-refractivity contribution in [1.82, 2.24) is 5.32 Å². The number of hydrogen-bond donors (Lipinski definition) is 3. The fourth-order valence-electron chi connectivity index (χ4n) is 3.45. The van der Waals surface area contributed by atoms with Gasteiger partial charge in [0.1, 0.15) is 23.1 Å². The van der Waals surface area contributed by atoms with Gasteiger partial charge in [0.2, 0.25) is 0 Å². The number of fused-ring (bicyclic) bond motifs is 1. The summed E-state index contributed by atoms with van der Waals surface area (Å²) in [6.07, 6.45) is 0.745. The molecule has 0 aromatic heterocycles. The predicted molar refractivity (Wildman–Crippen MR) is 116 cm³/mol. The highest BCUT2D eigenvalue weighted by Gasteiger charge is 2.24. The second-order valence-corrected chi connectivity index (χ2v) is 7.16. The number of nitrogens with two attached hydrogens (primary N) is 1. The fourth-order valence-corrected chi connectivity index (χ4v) is 3.45. The number of amidine groups is 1. The van der Waals surface area contributed by atoms with E-state index in [1.54, 1.807) is 30.3 Å². The lowest BCUT2D eigenvalue weighted by atomic mass is 9.96. The summed E-state index contributed by atoms with van der Waals surface area (Å²) in [7, 11) is 0. The Labute approximate surface area is 175 Å². The number of amides is 1. The standard InChI is InChI=1S/C24H23N3O3/c25-23(26)17-8-11-22-21(14-17)18(15-29-22)12-13-27-24(28)16-6-9-20(10-7-16)30-19-4-2-1-3-5-19/h1-11,14,18H,12-13,15H2,(H3,25,26)(H,27,28). The minimum atomic E-state index is -0.127. The second-order valence-electron chi connectivity index (χ2n) is 7.16. The number of benzene rings is 3. The van der Waals surface area contributed by atoms with E-state index in [9.17, 15) is 4.79 Å². The Hall–Kier alpha value is -3.80. The number of para-hydroxylation sites is 1. The van der Waals surface area contributed by atoms with Crippen LogP contribution < -0.4 is 20.5 Å². The van der Waals surface area contributed by atoms with Gasteiger partial charge in [-0.3, -0.25) is 10.2 Å². The molecule has 0 bridgehead atoms. The molecule has 0 radical (unpaired) electrons. The normalized spacial score (nSPS) is 14.5. The molecule has 6 nitrogen and oxygen atoms in total. The van der Waals surface area contributed by atoms with Gasteiger partial charge in [-0.15, -0.1) is 0 Å². The number of nitrogens with one attached hydrogen (secondary N) is 2. The van der Waals surface area contributed by atoms with Crippen molar-refractivity contribution < 1.29 is 14.3 Å². The van der Waals surface area contributed by atoms with E-state index in [-0.39, 0.29) is 17.7 Å². The summed E-state index contributed by atoms with van der Waals surface area (Å²) < 4.78 is 11.5. The number of hydrogen-bond acceptors (Lipinski definition) is 4. The maximum atomic E-state index is 12.4. The Balaban J connectivity index is 1.31. The van der Waals surface area contributed by atoms with Gasteiger partial charge >= 0.3 is 0 Å². The van der Waals surface area contributed by atoms with Crippen molar-refractivity contribution >= 4 is 11.7 Å². The van der Waals surface area contributed by atoms with E-state index in [0.29, 0.717) is 30.0 Å². The van der Waals surface area contributed by atoms with Crippen LogP contribution in [0.15, 0.2) is 72.8 Å². The third kappa shape index (κ3) is 4.43. The number of carbonyl (C=O) groups is 1. The second kappa shape index (κ2) is 8.69. The predicted octanol–water partition coefficient (Wildman–Crippen LogP) is 4.06. The quantitative estimate of drug-likeness (QED) is 0.411. The van der Waals surface area contributed by atoms with E-state index in [0.717, 1.165) is 23.5 Å². The molecule has 0 aliphatic carbocycles. The molecule has 1 unspecified atom stereocenters. The maximum absolute atomic E-state index is 12.4. The van der Waals surface area contributed by atoms with Crippen molar-refractivity contribution in [3.63, 3.8) is 0 Å². The van der Waals surface area contributed by atoms with Crippen molar-refractivity contribution in [1.29, 1.82) is 5.41 Å². The largest absolute Gasteiger partial charge is 0.493 e. The summed E-state index contributed by atoms with van der Waals surface area (Å²) in [6.45, 7) is 1.09. The van der Waals surface area contributed by atoms with Gasteiger partial charge in [0.25, 0.3) is 5.91 Å². The number of carbonyl (C=O) groups excluding carboxylic acids is 1. The van der Waals surface area contributed by atoms with Crippen molar-refractivity contribution in [3.05, 3.63) is 89.5 Å². The molecule has 1 amide bonds. The van der Waals surface area contributed by atoms with Crippen LogP contribution in [0.2, 0.25) is 0 Å². The molecule has 3 aromatic rings.